The van der Waals surface area contributed by atoms with Crippen molar-refractivity contribution in [1.29, 1.82) is 0 Å². The Labute approximate surface area is 274 Å². The SMILES string of the molecule is CN(C)CC1Cc2ccc(Cl)cc2N(C(=O)C(Cc2c[nH]c3ccccc23)NC(=O)OCC2c3ccccc3-c3ccccc32)C1. The van der Waals surface area contributed by atoms with Gasteiger partial charge in [-0.3, -0.25) is 4.79 Å². The topological polar surface area (TPSA) is 77.7 Å². The van der Waals surface area contributed by atoms with Crippen molar-refractivity contribution in [3.63, 3.8) is 0 Å². The number of hydrogen-bond donors (Lipinski definition) is 2. The minimum Gasteiger partial charge on any atom is -0.449 e. The number of amides is 2. The van der Waals surface area contributed by atoms with Gasteiger partial charge in [0.05, 0.1) is 0 Å². The molecule has 5 aromatic rings. The van der Waals surface area contributed by atoms with Gasteiger partial charge in [-0.2, -0.15) is 0 Å². The van der Waals surface area contributed by atoms with Gasteiger partial charge in [0.2, 0.25) is 5.91 Å². The van der Waals surface area contributed by atoms with Crippen LogP contribution in [0.1, 0.15) is 28.2 Å². The van der Waals surface area contributed by atoms with Crippen molar-refractivity contribution in [2.24, 2.45) is 5.92 Å². The third-order valence-electron chi connectivity index (χ3n) is 9.21. The second kappa shape index (κ2) is 12.7. The summed E-state index contributed by atoms with van der Waals surface area (Å²) >= 11 is 6.45. The van der Waals surface area contributed by atoms with Crippen LogP contribution < -0.4 is 10.2 Å². The summed E-state index contributed by atoms with van der Waals surface area (Å²) in [4.78, 5) is 35.4. The Bertz CT molecular complexity index is 1870. The fourth-order valence-corrected chi connectivity index (χ4v) is 7.40. The molecule has 0 bridgehead atoms. The molecule has 2 unspecified atom stereocenters. The van der Waals surface area contributed by atoms with Gasteiger partial charge in [0.1, 0.15) is 12.6 Å². The van der Waals surface area contributed by atoms with E-state index in [0.717, 1.165) is 62.9 Å². The molecule has 8 heteroatoms. The van der Waals surface area contributed by atoms with Crippen molar-refractivity contribution < 1.29 is 14.3 Å². The fraction of sp³-hybridized carbons (Fsp3) is 0.263. The lowest BCUT2D eigenvalue weighted by Crippen LogP contribution is -2.53. The number of para-hydroxylation sites is 1. The van der Waals surface area contributed by atoms with Gasteiger partial charge in [0, 0.05) is 53.2 Å². The second-order valence-corrected chi connectivity index (χ2v) is 13.1. The van der Waals surface area contributed by atoms with Gasteiger partial charge in [-0.1, -0.05) is 84.4 Å². The molecule has 46 heavy (non-hydrogen) atoms. The largest absolute Gasteiger partial charge is 0.449 e. The Morgan fingerprint density at radius 1 is 0.978 bits per heavy atom. The van der Waals surface area contributed by atoms with Crippen molar-refractivity contribution >= 4 is 40.2 Å². The molecule has 7 nitrogen and oxygen atoms in total. The molecule has 2 amide bonds. The summed E-state index contributed by atoms with van der Waals surface area (Å²) in [5.41, 5.74) is 8.39. The number of nitrogens with one attached hydrogen (secondary N) is 2. The van der Waals surface area contributed by atoms with E-state index in [1.54, 1.807) is 0 Å². The number of alkyl carbamates (subject to hydrolysis) is 1. The predicted molar refractivity (Wildman–Crippen MR) is 184 cm³/mol. The third-order valence-corrected chi connectivity index (χ3v) is 9.44. The number of carbonyl (C=O) groups is 2. The number of aromatic amines is 1. The highest BCUT2D eigenvalue weighted by atomic mass is 35.5. The van der Waals surface area contributed by atoms with Crippen molar-refractivity contribution in [2.45, 2.75) is 24.8 Å². The van der Waals surface area contributed by atoms with Crippen molar-refractivity contribution in [3.8, 4) is 11.1 Å². The Morgan fingerprint density at radius 3 is 2.41 bits per heavy atom. The molecule has 0 saturated carbocycles. The summed E-state index contributed by atoms with van der Waals surface area (Å²) in [6, 6.07) is 29.3. The van der Waals surface area contributed by atoms with E-state index in [1.165, 1.54) is 0 Å². The number of rotatable bonds is 8. The zero-order valence-electron chi connectivity index (χ0n) is 26.0. The third kappa shape index (κ3) is 5.88. The van der Waals surface area contributed by atoms with Crippen LogP contribution in [0.15, 0.2) is 97.2 Å². The summed E-state index contributed by atoms with van der Waals surface area (Å²) in [7, 11) is 4.09. The van der Waals surface area contributed by atoms with Gasteiger partial charge < -0.3 is 24.8 Å². The number of benzene rings is 4. The predicted octanol–water partition coefficient (Wildman–Crippen LogP) is 7.04. The number of ether oxygens (including phenoxy) is 1. The molecule has 0 radical (unpaired) electrons. The molecule has 2 atom stereocenters. The zero-order valence-corrected chi connectivity index (χ0v) is 26.8. The molecule has 234 valence electrons. The van der Waals surface area contributed by atoms with Crippen LogP contribution in [-0.2, 0) is 22.4 Å². The average molecular weight is 633 g/mol. The maximum atomic E-state index is 14.6. The van der Waals surface area contributed by atoms with E-state index < -0.39 is 12.1 Å². The number of fused-ring (bicyclic) bond motifs is 5. The van der Waals surface area contributed by atoms with E-state index in [1.807, 2.05) is 91.9 Å². The monoisotopic (exact) mass is 632 g/mol. The minimum absolute atomic E-state index is 0.0798. The molecule has 2 aliphatic rings. The molecule has 0 saturated heterocycles. The number of carbonyl (C=O) groups excluding carboxylic acids is 2. The molecular formula is C38H37ClN4O3. The molecule has 1 aromatic heterocycles. The first-order valence-electron chi connectivity index (χ1n) is 15.8. The van der Waals surface area contributed by atoms with Crippen LogP contribution in [0, 0.1) is 5.92 Å². The maximum Gasteiger partial charge on any atom is 0.407 e. The lowest BCUT2D eigenvalue weighted by atomic mass is 9.91. The van der Waals surface area contributed by atoms with Crippen LogP contribution in [-0.4, -0.2) is 61.7 Å². The Kier molecular flexibility index (Phi) is 8.28. The zero-order chi connectivity index (χ0) is 31.8. The van der Waals surface area contributed by atoms with Gasteiger partial charge in [-0.05, 0) is 78.0 Å². The first-order chi connectivity index (χ1) is 22.4. The van der Waals surface area contributed by atoms with Gasteiger partial charge >= 0.3 is 6.09 Å². The van der Waals surface area contributed by atoms with Crippen LogP contribution in [0.4, 0.5) is 10.5 Å². The van der Waals surface area contributed by atoms with Gasteiger partial charge in [0.15, 0.2) is 0 Å². The molecular weight excluding hydrogens is 596 g/mol. The summed E-state index contributed by atoms with van der Waals surface area (Å²) < 4.78 is 5.92. The smallest absolute Gasteiger partial charge is 0.407 e. The lowest BCUT2D eigenvalue weighted by molar-refractivity contribution is -0.120. The van der Waals surface area contributed by atoms with E-state index in [-0.39, 0.29) is 24.3 Å². The molecule has 0 spiro atoms. The van der Waals surface area contributed by atoms with Gasteiger partial charge in [0.25, 0.3) is 0 Å². The van der Waals surface area contributed by atoms with E-state index in [4.69, 9.17) is 16.3 Å². The molecule has 1 aliphatic heterocycles. The highest BCUT2D eigenvalue weighted by molar-refractivity contribution is 6.31. The van der Waals surface area contributed by atoms with Gasteiger partial charge in [-0.25, -0.2) is 4.79 Å². The highest BCUT2D eigenvalue weighted by Crippen LogP contribution is 2.44. The second-order valence-electron chi connectivity index (χ2n) is 12.6. The highest BCUT2D eigenvalue weighted by Gasteiger charge is 2.35. The molecule has 4 aromatic carbocycles. The van der Waals surface area contributed by atoms with Crippen LogP contribution in [0.5, 0.6) is 0 Å². The Morgan fingerprint density at radius 2 is 1.67 bits per heavy atom. The molecule has 1 aliphatic carbocycles. The number of H-pyrrole nitrogens is 1. The Hall–Kier alpha value is -4.59. The first kappa shape index (κ1) is 30.1. The lowest BCUT2D eigenvalue weighted by Gasteiger charge is -2.37. The standard InChI is InChI=1S/C38H37ClN4O3/c1-42(2)21-24-17-25-15-16-27(39)19-36(25)43(22-24)37(44)35(18-26-20-40-34-14-8-7-9-28(26)34)41-38(45)46-23-33-31-12-5-3-10-29(31)30-11-4-6-13-32(30)33/h3-16,19-20,24,33,35,40H,17-18,21-23H2,1-2H3,(H,41,45). The molecule has 0 fully saturated rings. The Balaban J connectivity index is 1.16. The van der Waals surface area contributed by atoms with Gasteiger partial charge in [-0.15, -0.1) is 0 Å². The van der Waals surface area contributed by atoms with E-state index in [0.29, 0.717) is 18.0 Å². The van der Waals surface area contributed by atoms with Crippen LogP contribution in [0.25, 0.3) is 22.0 Å². The summed E-state index contributed by atoms with van der Waals surface area (Å²) in [6.07, 6.45) is 2.45. The van der Waals surface area contributed by atoms with E-state index in [2.05, 4.69) is 39.5 Å². The quantitative estimate of drug-likeness (QED) is 0.192. The fourth-order valence-electron chi connectivity index (χ4n) is 7.23. The van der Waals surface area contributed by atoms with E-state index >= 15 is 0 Å². The summed E-state index contributed by atoms with van der Waals surface area (Å²) in [5, 5.41) is 4.57. The molecule has 2 N–H and O–H groups in total. The van der Waals surface area contributed by atoms with Crippen molar-refractivity contribution in [3.05, 3.63) is 124 Å². The minimum atomic E-state index is -0.861. The van der Waals surface area contributed by atoms with Crippen molar-refractivity contribution in [2.75, 3.05) is 38.7 Å². The number of halogens is 1. The van der Waals surface area contributed by atoms with Crippen LogP contribution >= 0.6 is 11.6 Å². The number of nitrogens with zero attached hydrogens (tertiary/aromatic N) is 2. The number of hydrogen-bond acceptors (Lipinski definition) is 4. The maximum absolute atomic E-state index is 14.6. The average Bonchev–Trinajstić information content (AvgIpc) is 3.61. The normalized spacial score (nSPS) is 16.2. The molecule has 2 heterocycles. The molecule has 7 rings (SSSR count). The summed E-state index contributed by atoms with van der Waals surface area (Å²) in [6.45, 7) is 1.53. The first-order valence-corrected chi connectivity index (χ1v) is 16.1. The van der Waals surface area contributed by atoms with E-state index in [9.17, 15) is 9.59 Å². The van der Waals surface area contributed by atoms with Crippen LogP contribution in [0.3, 0.4) is 0 Å². The number of anilines is 1. The number of aromatic nitrogens is 1. The van der Waals surface area contributed by atoms with Crippen LogP contribution in [0.2, 0.25) is 5.02 Å². The summed E-state index contributed by atoms with van der Waals surface area (Å²) in [5.74, 6) is -0.0367. The van der Waals surface area contributed by atoms with Crippen molar-refractivity contribution in [1.82, 2.24) is 15.2 Å².